The molecule has 2 fully saturated rings. The standard InChI is InChI=1S/C21H26N4O2/c1-24(2)21-22-10-17(11-23-21)20(26)16-8-18-13-27-14-19(9-16)25(18)12-15-6-4-3-5-7-15/h3-7,10-11,16,18-19H,8-9,12-14H2,1-2H3. The van der Waals surface area contributed by atoms with Gasteiger partial charge in [0.15, 0.2) is 5.78 Å². The molecule has 0 aliphatic carbocycles. The molecule has 0 amide bonds. The highest BCUT2D eigenvalue weighted by molar-refractivity contribution is 5.97. The SMILES string of the molecule is CN(C)c1ncc(C(=O)C2CC3COCC(C2)N3Cc2ccccc2)cn1. The first-order valence-corrected chi connectivity index (χ1v) is 9.53. The summed E-state index contributed by atoms with van der Waals surface area (Å²) in [4.78, 5) is 26.0. The second kappa shape index (κ2) is 7.74. The molecule has 2 saturated heterocycles. The van der Waals surface area contributed by atoms with Crippen molar-refractivity contribution in [2.45, 2.75) is 31.5 Å². The third kappa shape index (κ3) is 3.87. The largest absolute Gasteiger partial charge is 0.378 e. The number of hydrogen-bond acceptors (Lipinski definition) is 6. The van der Waals surface area contributed by atoms with Crippen LogP contribution in [-0.2, 0) is 11.3 Å². The number of Topliss-reactive ketones (excluding diaryl/α,β-unsaturated/α-hetero) is 1. The fourth-order valence-electron chi connectivity index (χ4n) is 4.17. The van der Waals surface area contributed by atoms with Gasteiger partial charge in [0.05, 0.1) is 18.8 Å². The van der Waals surface area contributed by atoms with Gasteiger partial charge in [0.25, 0.3) is 0 Å². The third-order valence-corrected chi connectivity index (χ3v) is 5.57. The summed E-state index contributed by atoms with van der Waals surface area (Å²) >= 11 is 0. The third-order valence-electron chi connectivity index (χ3n) is 5.57. The Balaban J connectivity index is 1.47. The summed E-state index contributed by atoms with van der Waals surface area (Å²) in [6.07, 6.45) is 4.98. The molecule has 27 heavy (non-hydrogen) atoms. The number of fused-ring (bicyclic) bond motifs is 2. The molecule has 2 unspecified atom stereocenters. The molecule has 2 aliphatic heterocycles. The van der Waals surface area contributed by atoms with E-state index in [1.54, 1.807) is 12.4 Å². The van der Waals surface area contributed by atoms with E-state index in [1.807, 2.05) is 25.1 Å². The van der Waals surface area contributed by atoms with Crippen LogP contribution in [0.1, 0.15) is 28.8 Å². The van der Waals surface area contributed by atoms with Crippen molar-refractivity contribution >= 4 is 11.7 Å². The van der Waals surface area contributed by atoms with Crippen LogP contribution in [0, 0.1) is 5.92 Å². The van der Waals surface area contributed by atoms with Crippen LogP contribution in [0.2, 0.25) is 0 Å². The molecule has 1 aromatic carbocycles. The zero-order chi connectivity index (χ0) is 18.8. The first kappa shape index (κ1) is 18.1. The van der Waals surface area contributed by atoms with Crippen LogP contribution < -0.4 is 4.90 Å². The summed E-state index contributed by atoms with van der Waals surface area (Å²) < 4.78 is 5.80. The lowest BCUT2D eigenvalue weighted by molar-refractivity contribution is -0.0872. The Bertz CT molecular complexity index is 765. The Hall–Kier alpha value is -2.31. The molecule has 2 bridgehead atoms. The topological polar surface area (TPSA) is 58.6 Å². The number of ether oxygens (including phenoxy) is 1. The van der Waals surface area contributed by atoms with Crippen molar-refractivity contribution < 1.29 is 9.53 Å². The fraction of sp³-hybridized carbons (Fsp3) is 0.476. The predicted octanol–water partition coefficient (Wildman–Crippen LogP) is 2.40. The smallest absolute Gasteiger partial charge is 0.224 e. The average molecular weight is 366 g/mol. The Morgan fingerprint density at radius 1 is 1.11 bits per heavy atom. The zero-order valence-corrected chi connectivity index (χ0v) is 15.9. The van der Waals surface area contributed by atoms with Gasteiger partial charge in [-0.2, -0.15) is 0 Å². The molecule has 1 aromatic heterocycles. The van der Waals surface area contributed by atoms with E-state index < -0.39 is 0 Å². The van der Waals surface area contributed by atoms with Gasteiger partial charge in [0.2, 0.25) is 5.95 Å². The van der Waals surface area contributed by atoms with Crippen molar-refractivity contribution in [1.29, 1.82) is 0 Å². The van der Waals surface area contributed by atoms with Crippen LogP contribution in [0.15, 0.2) is 42.7 Å². The molecule has 2 aromatic rings. The maximum absolute atomic E-state index is 13.0. The first-order chi connectivity index (χ1) is 13.1. The second-order valence-electron chi connectivity index (χ2n) is 7.70. The van der Waals surface area contributed by atoms with Crippen LogP contribution in [-0.4, -0.2) is 60.0 Å². The van der Waals surface area contributed by atoms with Gasteiger partial charge >= 0.3 is 0 Å². The summed E-state index contributed by atoms with van der Waals surface area (Å²) in [6, 6.07) is 11.1. The number of rotatable bonds is 5. The number of piperidine rings is 1. The number of carbonyl (C=O) groups excluding carboxylic acids is 1. The number of benzene rings is 1. The number of morpholine rings is 1. The minimum absolute atomic E-state index is 0.0183. The van der Waals surface area contributed by atoms with E-state index in [-0.39, 0.29) is 23.8 Å². The van der Waals surface area contributed by atoms with Gasteiger partial charge in [-0.15, -0.1) is 0 Å². The Labute approximate surface area is 160 Å². The summed E-state index contributed by atoms with van der Waals surface area (Å²) in [5, 5.41) is 0. The molecule has 142 valence electrons. The Morgan fingerprint density at radius 2 is 1.74 bits per heavy atom. The number of hydrogen-bond donors (Lipinski definition) is 0. The summed E-state index contributed by atoms with van der Waals surface area (Å²) in [5.74, 6) is 0.802. The number of anilines is 1. The summed E-state index contributed by atoms with van der Waals surface area (Å²) in [5.41, 5.74) is 1.92. The van der Waals surface area contributed by atoms with Gasteiger partial charge in [0, 0.05) is 51.0 Å². The van der Waals surface area contributed by atoms with E-state index in [1.165, 1.54) is 5.56 Å². The summed E-state index contributed by atoms with van der Waals surface area (Å²) in [6.45, 7) is 2.31. The maximum atomic E-state index is 13.0. The van der Waals surface area contributed by atoms with Gasteiger partial charge in [-0.1, -0.05) is 30.3 Å². The molecule has 0 radical (unpaired) electrons. The van der Waals surface area contributed by atoms with Crippen molar-refractivity contribution in [3.05, 3.63) is 53.9 Å². The van der Waals surface area contributed by atoms with E-state index in [0.717, 1.165) is 19.4 Å². The molecule has 4 rings (SSSR count). The van der Waals surface area contributed by atoms with Gasteiger partial charge in [-0.05, 0) is 18.4 Å². The van der Waals surface area contributed by atoms with E-state index in [4.69, 9.17) is 4.74 Å². The van der Waals surface area contributed by atoms with Crippen LogP contribution in [0.3, 0.4) is 0 Å². The quantitative estimate of drug-likeness (QED) is 0.758. The highest BCUT2D eigenvalue weighted by Gasteiger charge is 2.41. The number of aromatic nitrogens is 2. The predicted molar refractivity (Wildman–Crippen MR) is 104 cm³/mol. The van der Waals surface area contributed by atoms with Gasteiger partial charge < -0.3 is 9.64 Å². The van der Waals surface area contributed by atoms with Crippen LogP contribution >= 0.6 is 0 Å². The van der Waals surface area contributed by atoms with Crippen molar-refractivity contribution in [2.24, 2.45) is 5.92 Å². The molecule has 6 heteroatoms. The molecule has 3 heterocycles. The molecule has 2 atom stereocenters. The molecule has 0 saturated carbocycles. The van der Waals surface area contributed by atoms with E-state index in [0.29, 0.717) is 24.7 Å². The number of nitrogens with zero attached hydrogens (tertiary/aromatic N) is 4. The van der Waals surface area contributed by atoms with E-state index in [9.17, 15) is 4.79 Å². The van der Waals surface area contributed by atoms with E-state index >= 15 is 0 Å². The van der Waals surface area contributed by atoms with Crippen LogP contribution in [0.5, 0.6) is 0 Å². The minimum Gasteiger partial charge on any atom is -0.378 e. The lowest BCUT2D eigenvalue weighted by atomic mass is 9.81. The first-order valence-electron chi connectivity index (χ1n) is 9.53. The Kier molecular flexibility index (Phi) is 5.18. The van der Waals surface area contributed by atoms with Gasteiger partial charge in [0.1, 0.15) is 0 Å². The Morgan fingerprint density at radius 3 is 2.33 bits per heavy atom. The van der Waals surface area contributed by atoms with E-state index in [2.05, 4.69) is 39.1 Å². The van der Waals surface area contributed by atoms with Crippen molar-refractivity contribution in [3.63, 3.8) is 0 Å². The molecule has 2 aliphatic rings. The maximum Gasteiger partial charge on any atom is 0.224 e. The molecular weight excluding hydrogens is 340 g/mol. The molecule has 0 N–H and O–H groups in total. The minimum atomic E-state index is 0.0183. The van der Waals surface area contributed by atoms with Crippen molar-refractivity contribution in [2.75, 3.05) is 32.2 Å². The van der Waals surface area contributed by atoms with Crippen LogP contribution in [0.4, 0.5) is 5.95 Å². The highest BCUT2D eigenvalue weighted by atomic mass is 16.5. The monoisotopic (exact) mass is 366 g/mol. The molecular formula is C21H26N4O2. The number of ketones is 1. The van der Waals surface area contributed by atoms with Crippen LogP contribution in [0.25, 0.3) is 0 Å². The zero-order valence-electron chi connectivity index (χ0n) is 15.9. The van der Waals surface area contributed by atoms with Gasteiger partial charge in [-0.25, -0.2) is 9.97 Å². The normalized spacial score (nSPS) is 25.2. The average Bonchev–Trinajstić information content (AvgIpc) is 2.68. The molecule has 0 spiro atoms. The lowest BCUT2D eigenvalue weighted by Gasteiger charge is -2.48. The summed E-state index contributed by atoms with van der Waals surface area (Å²) in [7, 11) is 3.78. The van der Waals surface area contributed by atoms with Crippen molar-refractivity contribution in [3.8, 4) is 0 Å². The second-order valence-corrected chi connectivity index (χ2v) is 7.70. The fourth-order valence-corrected chi connectivity index (χ4v) is 4.17. The number of carbonyl (C=O) groups is 1. The van der Waals surface area contributed by atoms with Crippen molar-refractivity contribution in [1.82, 2.24) is 14.9 Å². The molecule has 6 nitrogen and oxygen atoms in total. The lowest BCUT2D eigenvalue weighted by Crippen LogP contribution is -2.57. The highest BCUT2D eigenvalue weighted by Crippen LogP contribution is 2.34. The van der Waals surface area contributed by atoms with Gasteiger partial charge in [-0.3, -0.25) is 9.69 Å².